The highest BCUT2D eigenvalue weighted by Crippen LogP contribution is 2.22. The minimum Gasteiger partial charge on any atom is -0.383 e. The molecule has 0 unspecified atom stereocenters. The number of H-pyrrole nitrogens is 1. The first kappa shape index (κ1) is 8.52. The first-order chi connectivity index (χ1) is 6.09. The predicted octanol–water partition coefficient (Wildman–Crippen LogP) is -0.567. The van der Waals surface area contributed by atoms with E-state index in [1.54, 1.807) is 0 Å². The van der Waals surface area contributed by atoms with Crippen LogP contribution in [0.25, 0.3) is 0 Å². The zero-order chi connectivity index (χ0) is 9.47. The van der Waals surface area contributed by atoms with E-state index in [9.17, 15) is 8.42 Å². The third kappa shape index (κ3) is 1.65. The van der Waals surface area contributed by atoms with Gasteiger partial charge in [-0.15, -0.1) is 0 Å². The van der Waals surface area contributed by atoms with Crippen molar-refractivity contribution in [2.75, 3.05) is 5.73 Å². The summed E-state index contributed by atoms with van der Waals surface area (Å²) in [4.78, 5) is 6.15. The highest BCUT2D eigenvalue weighted by atomic mass is 32.2. The molecule has 1 aliphatic rings. The largest absolute Gasteiger partial charge is 0.383 e. The van der Waals surface area contributed by atoms with Crippen molar-refractivity contribution in [3.63, 3.8) is 0 Å². The van der Waals surface area contributed by atoms with Crippen molar-refractivity contribution < 1.29 is 8.42 Å². The van der Waals surface area contributed by atoms with Crippen LogP contribution in [0.15, 0.2) is 11.4 Å². The van der Waals surface area contributed by atoms with Gasteiger partial charge in [0.15, 0.2) is 0 Å². The van der Waals surface area contributed by atoms with Gasteiger partial charge in [0.25, 0.3) is 10.0 Å². The number of hydrogen-bond acceptors (Lipinski definition) is 4. The molecular formula is C6H10N4O2S. The molecule has 0 saturated heterocycles. The summed E-state index contributed by atoms with van der Waals surface area (Å²) in [6.07, 6.45) is 3.05. The van der Waals surface area contributed by atoms with Crippen LogP contribution >= 0.6 is 0 Å². The fraction of sp³-hybridized carbons (Fsp3) is 0.500. The van der Waals surface area contributed by atoms with Crippen LogP contribution in [0.5, 0.6) is 0 Å². The number of hydrogen-bond donors (Lipinski definition) is 3. The molecule has 13 heavy (non-hydrogen) atoms. The van der Waals surface area contributed by atoms with Gasteiger partial charge in [-0.05, 0) is 12.8 Å². The molecule has 0 aliphatic heterocycles. The molecule has 7 heteroatoms. The van der Waals surface area contributed by atoms with E-state index in [1.165, 1.54) is 6.33 Å². The summed E-state index contributed by atoms with van der Waals surface area (Å²) >= 11 is 0. The number of nitrogens with zero attached hydrogens (tertiary/aromatic N) is 1. The molecule has 1 fully saturated rings. The van der Waals surface area contributed by atoms with Crippen LogP contribution in [0.1, 0.15) is 12.8 Å². The third-order valence-electron chi connectivity index (χ3n) is 1.79. The maximum Gasteiger partial charge on any atom is 0.262 e. The zero-order valence-electron chi connectivity index (χ0n) is 6.82. The fourth-order valence-electron chi connectivity index (χ4n) is 0.982. The minimum absolute atomic E-state index is 0.0705. The van der Waals surface area contributed by atoms with E-state index in [-0.39, 0.29) is 16.9 Å². The molecule has 0 radical (unpaired) electrons. The second-order valence-corrected chi connectivity index (χ2v) is 4.65. The van der Waals surface area contributed by atoms with Crippen LogP contribution in [-0.4, -0.2) is 24.4 Å². The van der Waals surface area contributed by atoms with Crippen molar-refractivity contribution in [3.05, 3.63) is 6.33 Å². The van der Waals surface area contributed by atoms with E-state index in [0.717, 1.165) is 12.8 Å². The van der Waals surface area contributed by atoms with E-state index >= 15 is 0 Å². The van der Waals surface area contributed by atoms with Gasteiger partial charge in [0.05, 0.1) is 6.33 Å². The van der Waals surface area contributed by atoms with Crippen LogP contribution < -0.4 is 10.5 Å². The second kappa shape index (κ2) is 2.71. The molecule has 2 rings (SSSR count). The predicted molar refractivity (Wildman–Crippen MR) is 46.3 cm³/mol. The van der Waals surface area contributed by atoms with Crippen molar-refractivity contribution >= 4 is 15.8 Å². The molecule has 72 valence electrons. The van der Waals surface area contributed by atoms with Crippen molar-refractivity contribution in [2.24, 2.45) is 0 Å². The Morgan fingerprint density at radius 1 is 1.62 bits per heavy atom. The van der Waals surface area contributed by atoms with Gasteiger partial charge in [0, 0.05) is 6.04 Å². The highest BCUT2D eigenvalue weighted by molar-refractivity contribution is 7.89. The van der Waals surface area contributed by atoms with Crippen LogP contribution in [0, 0.1) is 0 Å². The average molecular weight is 202 g/mol. The Balaban J connectivity index is 2.28. The SMILES string of the molecule is Nc1[nH]cnc1S(=O)(=O)NC1CC1. The van der Waals surface area contributed by atoms with Gasteiger partial charge in [0.2, 0.25) is 5.03 Å². The first-order valence-electron chi connectivity index (χ1n) is 3.91. The maximum atomic E-state index is 11.5. The molecule has 0 aromatic carbocycles. The number of anilines is 1. The number of imidazole rings is 1. The van der Waals surface area contributed by atoms with Gasteiger partial charge in [-0.3, -0.25) is 0 Å². The fourth-order valence-corrected chi connectivity index (χ4v) is 2.31. The van der Waals surface area contributed by atoms with Crippen molar-refractivity contribution in [1.29, 1.82) is 0 Å². The number of nitrogen functional groups attached to an aromatic ring is 1. The van der Waals surface area contributed by atoms with Crippen molar-refractivity contribution in [3.8, 4) is 0 Å². The summed E-state index contributed by atoms with van der Waals surface area (Å²) in [5, 5.41) is -0.112. The van der Waals surface area contributed by atoms with E-state index < -0.39 is 10.0 Å². The molecule has 0 amide bonds. The Morgan fingerprint density at radius 2 is 2.31 bits per heavy atom. The highest BCUT2D eigenvalue weighted by Gasteiger charge is 2.30. The van der Waals surface area contributed by atoms with Gasteiger partial charge < -0.3 is 10.7 Å². The summed E-state index contributed by atoms with van der Waals surface area (Å²) in [5.41, 5.74) is 5.39. The van der Waals surface area contributed by atoms with Gasteiger partial charge in [-0.1, -0.05) is 0 Å². The van der Waals surface area contributed by atoms with E-state index in [4.69, 9.17) is 5.73 Å². The Morgan fingerprint density at radius 3 is 2.77 bits per heavy atom. The number of aromatic amines is 1. The first-order valence-corrected chi connectivity index (χ1v) is 5.39. The lowest BCUT2D eigenvalue weighted by Crippen LogP contribution is -2.26. The van der Waals surface area contributed by atoms with E-state index in [1.807, 2.05) is 0 Å². The lowest BCUT2D eigenvalue weighted by molar-refractivity contribution is 0.578. The molecule has 1 aromatic rings. The molecule has 6 nitrogen and oxygen atoms in total. The lowest BCUT2D eigenvalue weighted by atomic mass is 10.8. The summed E-state index contributed by atoms with van der Waals surface area (Å²) in [7, 11) is -3.50. The van der Waals surface area contributed by atoms with Gasteiger partial charge in [0.1, 0.15) is 5.82 Å². The maximum absolute atomic E-state index is 11.5. The Labute approximate surface area is 75.6 Å². The minimum atomic E-state index is -3.50. The van der Waals surface area contributed by atoms with Gasteiger partial charge in [-0.2, -0.15) is 0 Å². The number of rotatable bonds is 3. The zero-order valence-corrected chi connectivity index (χ0v) is 7.63. The van der Waals surface area contributed by atoms with Crippen LogP contribution in [0.4, 0.5) is 5.82 Å². The second-order valence-electron chi connectivity index (χ2n) is 3.02. The molecule has 1 saturated carbocycles. The normalized spacial score (nSPS) is 17.5. The lowest BCUT2D eigenvalue weighted by Gasteiger charge is -2.01. The summed E-state index contributed by atoms with van der Waals surface area (Å²) in [6, 6.07) is 0.0705. The number of nitrogens with two attached hydrogens (primary N) is 1. The Hall–Kier alpha value is -1.08. The number of aromatic nitrogens is 2. The third-order valence-corrected chi connectivity index (χ3v) is 3.26. The molecule has 1 heterocycles. The number of sulfonamides is 1. The van der Waals surface area contributed by atoms with Gasteiger partial charge >= 0.3 is 0 Å². The summed E-state index contributed by atoms with van der Waals surface area (Å²) < 4.78 is 25.5. The monoisotopic (exact) mass is 202 g/mol. The smallest absolute Gasteiger partial charge is 0.262 e. The molecule has 0 spiro atoms. The summed E-state index contributed by atoms with van der Waals surface area (Å²) in [5.74, 6) is 0.0770. The molecular weight excluding hydrogens is 192 g/mol. The van der Waals surface area contributed by atoms with E-state index in [2.05, 4.69) is 14.7 Å². The molecule has 0 bridgehead atoms. The van der Waals surface area contributed by atoms with Crippen molar-refractivity contribution in [2.45, 2.75) is 23.9 Å². The summed E-state index contributed by atoms with van der Waals surface area (Å²) in [6.45, 7) is 0. The average Bonchev–Trinajstić information content (AvgIpc) is 2.69. The quantitative estimate of drug-likeness (QED) is 0.611. The molecule has 1 aliphatic carbocycles. The molecule has 4 N–H and O–H groups in total. The molecule has 1 aromatic heterocycles. The number of nitrogens with one attached hydrogen (secondary N) is 2. The Kier molecular flexibility index (Phi) is 1.77. The van der Waals surface area contributed by atoms with E-state index in [0.29, 0.717) is 0 Å². The standard InChI is InChI=1S/C6H10N4O2S/c7-5-6(9-3-8-5)13(11,12)10-4-1-2-4/h3-4,10H,1-2,7H2,(H,8,9). The Bertz CT molecular complexity index is 406. The molecule has 0 atom stereocenters. The van der Waals surface area contributed by atoms with Gasteiger partial charge in [-0.25, -0.2) is 18.1 Å². The van der Waals surface area contributed by atoms with Crippen LogP contribution in [0.3, 0.4) is 0 Å². The topological polar surface area (TPSA) is 101 Å². The van der Waals surface area contributed by atoms with Crippen LogP contribution in [-0.2, 0) is 10.0 Å². The van der Waals surface area contributed by atoms with Crippen LogP contribution in [0.2, 0.25) is 0 Å². The van der Waals surface area contributed by atoms with Crippen molar-refractivity contribution in [1.82, 2.24) is 14.7 Å².